The van der Waals surface area contributed by atoms with Crippen LogP contribution in [0.5, 0.6) is 0 Å². The van der Waals surface area contributed by atoms with Gasteiger partial charge in [-0.2, -0.15) is 0 Å². The first-order chi connectivity index (χ1) is 6.16. The number of hydrogen-bond donors (Lipinski definition) is 0. The monoisotopic (exact) mass is 175 g/mol. The molecule has 0 N–H and O–H groups in total. The number of nitrogens with zero attached hydrogens (tertiary/aromatic N) is 1. The molecule has 0 amide bonds. The molecule has 1 atom stereocenters. The van der Waals surface area contributed by atoms with Crippen LogP contribution in [0, 0.1) is 5.92 Å². The summed E-state index contributed by atoms with van der Waals surface area (Å²) in [4.78, 5) is 11.1. The van der Waals surface area contributed by atoms with Crippen LogP contribution in [0.25, 0.3) is 6.08 Å². The third kappa shape index (κ3) is 1.44. The summed E-state index contributed by atoms with van der Waals surface area (Å²) in [5.41, 5.74) is 1.96. The number of ketones is 1. The standard InChI is InChI=1S/C11H13NO/c1-8-3-4-11-5-10(9(2)13)7-12(11)6-8/h3-5,7-8H,6H2,1-2H3. The minimum Gasteiger partial charge on any atom is -0.347 e. The van der Waals surface area contributed by atoms with Crippen molar-refractivity contribution in [1.29, 1.82) is 0 Å². The van der Waals surface area contributed by atoms with Crippen LogP contribution in [0.4, 0.5) is 0 Å². The van der Waals surface area contributed by atoms with Crippen molar-refractivity contribution >= 4 is 11.9 Å². The lowest BCUT2D eigenvalue weighted by Crippen LogP contribution is -2.09. The summed E-state index contributed by atoms with van der Waals surface area (Å²) < 4.78 is 2.14. The molecule has 2 heterocycles. The fourth-order valence-electron chi connectivity index (χ4n) is 1.65. The summed E-state index contributed by atoms with van der Waals surface area (Å²) >= 11 is 0. The quantitative estimate of drug-likeness (QED) is 0.600. The maximum Gasteiger partial charge on any atom is 0.161 e. The zero-order chi connectivity index (χ0) is 9.42. The van der Waals surface area contributed by atoms with E-state index in [0.717, 1.165) is 17.8 Å². The van der Waals surface area contributed by atoms with Crippen LogP contribution in [0.1, 0.15) is 29.9 Å². The van der Waals surface area contributed by atoms with E-state index in [1.165, 1.54) is 0 Å². The number of allylic oxidation sites excluding steroid dienone is 1. The molecule has 1 aromatic heterocycles. The van der Waals surface area contributed by atoms with E-state index in [-0.39, 0.29) is 5.78 Å². The molecule has 0 aromatic carbocycles. The summed E-state index contributed by atoms with van der Waals surface area (Å²) in [5.74, 6) is 0.711. The summed E-state index contributed by atoms with van der Waals surface area (Å²) in [6.45, 7) is 4.76. The Kier molecular flexibility index (Phi) is 1.83. The van der Waals surface area contributed by atoms with Gasteiger partial charge in [-0.3, -0.25) is 4.79 Å². The van der Waals surface area contributed by atoms with Gasteiger partial charge in [-0.1, -0.05) is 13.0 Å². The van der Waals surface area contributed by atoms with Gasteiger partial charge in [-0.05, 0) is 25.0 Å². The van der Waals surface area contributed by atoms with Crippen molar-refractivity contribution in [2.24, 2.45) is 5.92 Å². The van der Waals surface area contributed by atoms with Crippen LogP contribution in [-0.2, 0) is 6.54 Å². The van der Waals surface area contributed by atoms with Gasteiger partial charge in [0.05, 0.1) is 0 Å². The average Bonchev–Trinajstić information content (AvgIpc) is 2.46. The molecule has 0 bridgehead atoms. The van der Waals surface area contributed by atoms with Crippen molar-refractivity contribution in [3.05, 3.63) is 29.6 Å². The number of carbonyl (C=O) groups excluding carboxylic acids is 1. The van der Waals surface area contributed by atoms with E-state index in [2.05, 4.69) is 23.6 Å². The van der Waals surface area contributed by atoms with Crippen LogP contribution in [0.2, 0.25) is 0 Å². The average molecular weight is 175 g/mol. The SMILES string of the molecule is CC(=O)c1cc2n(c1)CC(C)C=C2. The molecule has 1 aromatic rings. The molecular formula is C11H13NO. The Morgan fingerprint density at radius 1 is 1.62 bits per heavy atom. The number of fused-ring (bicyclic) bond motifs is 1. The highest BCUT2D eigenvalue weighted by Gasteiger charge is 2.12. The molecule has 68 valence electrons. The van der Waals surface area contributed by atoms with Crippen molar-refractivity contribution < 1.29 is 4.79 Å². The van der Waals surface area contributed by atoms with E-state index in [4.69, 9.17) is 0 Å². The molecule has 0 saturated carbocycles. The normalized spacial score (nSPS) is 20.0. The van der Waals surface area contributed by atoms with Gasteiger partial charge in [0.2, 0.25) is 0 Å². The predicted molar refractivity (Wildman–Crippen MR) is 52.6 cm³/mol. The highest BCUT2D eigenvalue weighted by Crippen LogP contribution is 2.19. The zero-order valence-electron chi connectivity index (χ0n) is 7.95. The lowest BCUT2D eigenvalue weighted by Gasteiger charge is -2.14. The van der Waals surface area contributed by atoms with E-state index in [9.17, 15) is 4.79 Å². The number of hydrogen-bond acceptors (Lipinski definition) is 1. The molecule has 0 radical (unpaired) electrons. The second-order valence-corrected chi connectivity index (χ2v) is 3.70. The summed E-state index contributed by atoms with van der Waals surface area (Å²) in [5, 5.41) is 0. The van der Waals surface area contributed by atoms with Crippen molar-refractivity contribution in [2.45, 2.75) is 20.4 Å². The molecule has 1 aliphatic rings. The van der Waals surface area contributed by atoms with E-state index < -0.39 is 0 Å². The van der Waals surface area contributed by atoms with Crippen LogP contribution >= 0.6 is 0 Å². The number of carbonyl (C=O) groups is 1. The van der Waals surface area contributed by atoms with Gasteiger partial charge in [0, 0.05) is 24.0 Å². The summed E-state index contributed by atoms with van der Waals surface area (Å²) in [7, 11) is 0. The highest BCUT2D eigenvalue weighted by molar-refractivity contribution is 5.94. The minimum absolute atomic E-state index is 0.142. The van der Waals surface area contributed by atoms with Gasteiger partial charge in [0.25, 0.3) is 0 Å². The van der Waals surface area contributed by atoms with Crippen LogP contribution in [0.15, 0.2) is 18.3 Å². The molecular weight excluding hydrogens is 162 g/mol. The van der Waals surface area contributed by atoms with E-state index in [1.807, 2.05) is 12.3 Å². The largest absolute Gasteiger partial charge is 0.347 e. The first-order valence-corrected chi connectivity index (χ1v) is 4.56. The van der Waals surface area contributed by atoms with Crippen molar-refractivity contribution in [1.82, 2.24) is 4.57 Å². The van der Waals surface area contributed by atoms with E-state index in [0.29, 0.717) is 5.92 Å². The minimum atomic E-state index is 0.142. The third-order valence-electron chi connectivity index (χ3n) is 2.42. The Balaban J connectivity index is 2.41. The number of aromatic nitrogens is 1. The van der Waals surface area contributed by atoms with Crippen LogP contribution in [0.3, 0.4) is 0 Å². The van der Waals surface area contributed by atoms with Crippen molar-refractivity contribution in [2.75, 3.05) is 0 Å². The maximum atomic E-state index is 11.1. The topological polar surface area (TPSA) is 22.0 Å². The van der Waals surface area contributed by atoms with E-state index in [1.54, 1.807) is 6.92 Å². The number of rotatable bonds is 1. The van der Waals surface area contributed by atoms with Gasteiger partial charge >= 0.3 is 0 Å². The molecule has 2 nitrogen and oxygen atoms in total. The molecule has 0 saturated heterocycles. The predicted octanol–water partition coefficient (Wildman–Crippen LogP) is 2.35. The Morgan fingerprint density at radius 3 is 3.08 bits per heavy atom. The Bertz CT molecular complexity index is 373. The van der Waals surface area contributed by atoms with Gasteiger partial charge in [-0.25, -0.2) is 0 Å². The number of Topliss-reactive ketones (excluding diaryl/α,β-unsaturated/α-hetero) is 1. The smallest absolute Gasteiger partial charge is 0.161 e. The highest BCUT2D eigenvalue weighted by atomic mass is 16.1. The zero-order valence-corrected chi connectivity index (χ0v) is 7.95. The van der Waals surface area contributed by atoms with Gasteiger partial charge in [0.1, 0.15) is 0 Å². The Morgan fingerprint density at radius 2 is 2.38 bits per heavy atom. The lowest BCUT2D eigenvalue weighted by molar-refractivity contribution is 0.101. The fourth-order valence-corrected chi connectivity index (χ4v) is 1.65. The fraction of sp³-hybridized carbons (Fsp3) is 0.364. The molecule has 2 rings (SSSR count). The van der Waals surface area contributed by atoms with Gasteiger partial charge < -0.3 is 4.57 Å². The summed E-state index contributed by atoms with van der Waals surface area (Å²) in [6.07, 6.45) is 6.21. The summed E-state index contributed by atoms with van der Waals surface area (Å²) in [6, 6.07) is 1.95. The Labute approximate surface area is 77.9 Å². The molecule has 1 unspecified atom stereocenters. The van der Waals surface area contributed by atoms with Crippen LogP contribution in [-0.4, -0.2) is 10.4 Å². The maximum absolute atomic E-state index is 11.1. The second kappa shape index (κ2) is 2.87. The second-order valence-electron chi connectivity index (χ2n) is 3.70. The molecule has 1 aliphatic heterocycles. The third-order valence-corrected chi connectivity index (χ3v) is 2.42. The van der Waals surface area contributed by atoms with Crippen molar-refractivity contribution in [3.63, 3.8) is 0 Å². The molecule has 0 spiro atoms. The molecule has 0 fully saturated rings. The first-order valence-electron chi connectivity index (χ1n) is 4.56. The first kappa shape index (κ1) is 8.30. The molecule has 0 aliphatic carbocycles. The molecule has 13 heavy (non-hydrogen) atoms. The Hall–Kier alpha value is -1.31. The van der Waals surface area contributed by atoms with Gasteiger partial charge in [-0.15, -0.1) is 0 Å². The van der Waals surface area contributed by atoms with Crippen LogP contribution < -0.4 is 0 Å². The van der Waals surface area contributed by atoms with E-state index >= 15 is 0 Å². The lowest BCUT2D eigenvalue weighted by atomic mass is 10.1. The van der Waals surface area contributed by atoms with Crippen molar-refractivity contribution in [3.8, 4) is 0 Å². The molecule has 2 heteroatoms. The van der Waals surface area contributed by atoms with Gasteiger partial charge in [0.15, 0.2) is 5.78 Å².